The lowest BCUT2D eigenvalue weighted by Crippen LogP contribution is -2.49. The largest absolute Gasteiger partial charge is 0.352 e. The SMILES string of the molecule is CCC(C)NC(=O)C(C)N(Cc1ccccc1)C(=O)CCc1ccc(C(C)(C)C)cc1. The van der Waals surface area contributed by atoms with E-state index >= 15 is 0 Å². The second kappa shape index (κ2) is 11.1. The van der Waals surface area contributed by atoms with E-state index in [1.807, 2.05) is 51.1 Å². The van der Waals surface area contributed by atoms with Crippen LogP contribution in [-0.2, 0) is 28.0 Å². The number of carbonyl (C=O) groups is 2. The van der Waals surface area contributed by atoms with Crippen LogP contribution in [0.3, 0.4) is 0 Å². The van der Waals surface area contributed by atoms with Gasteiger partial charge in [0.25, 0.3) is 0 Å². The molecule has 4 nitrogen and oxygen atoms in total. The maximum Gasteiger partial charge on any atom is 0.242 e. The summed E-state index contributed by atoms with van der Waals surface area (Å²) in [5.41, 5.74) is 3.55. The van der Waals surface area contributed by atoms with Gasteiger partial charge in [-0.1, -0.05) is 82.3 Å². The normalized spacial score (nSPS) is 13.4. The summed E-state index contributed by atoms with van der Waals surface area (Å²) >= 11 is 0. The van der Waals surface area contributed by atoms with E-state index in [1.54, 1.807) is 4.90 Å². The molecule has 2 aromatic carbocycles. The van der Waals surface area contributed by atoms with Gasteiger partial charge in [-0.3, -0.25) is 9.59 Å². The fourth-order valence-corrected chi connectivity index (χ4v) is 3.39. The topological polar surface area (TPSA) is 49.4 Å². The molecule has 2 rings (SSSR count). The molecule has 0 spiro atoms. The Morgan fingerprint density at radius 1 is 0.935 bits per heavy atom. The molecule has 0 aliphatic heterocycles. The average molecular weight is 423 g/mol. The molecule has 0 bridgehead atoms. The summed E-state index contributed by atoms with van der Waals surface area (Å²) in [7, 11) is 0. The number of nitrogens with zero attached hydrogens (tertiary/aromatic N) is 1. The van der Waals surface area contributed by atoms with Gasteiger partial charge in [0.15, 0.2) is 0 Å². The Morgan fingerprint density at radius 2 is 1.55 bits per heavy atom. The van der Waals surface area contributed by atoms with Gasteiger partial charge in [0.05, 0.1) is 0 Å². The predicted octanol–water partition coefficient (Wildman–Crippen LogP) is 5.25. The van der Waals surface area contributed by atoms with Gasteiger partial charge in [-0.05, 0) is 48.8 Å². The zero-order valence-corrected chi connectivity index (χ0v) is 19.9. The first-order chi connectivity index (χ1) is 14.6. The van der Waals surface area contributed by atoms with E-state index in [0.29, 0.717) is 19.4 Å². The molecule has 0 saturated heterocycles. The smallest absolute Gasteiger partial charge is 0.242 e. The molecule has 2 aromatic rings. The van der Waals surface area contributed by atoms with E-state index in [9.17, 15) is 9.59 Å². The molecule has 0 saturated carbocycles. The van der Waals surface area contributed by atoms with Crippen LogP contribution in [0.1, 0.15) is 71.1 Å². The second-order valence-electron chi connectivity index (χ2n) is 9.45. The van der Waals surface area contributed by atoms with Crippen LogP contribution in [-0.4, -0.2) is 28.8 Å². The van der Waals surface area contributed by atoms with Crippen LogP contribution in [0.2, 0.25) is 0 Å². The maximum atomic E-state index is 13.2. The number of amides is 2. The number of hydrogen-bond acceptors (Lipinski definition) is 2. The number of hydrogen-bond donors (Lipinski definition) is 1. The monoisotopic (exact) mass is 422 g/mol. The summed E-state index contributed by atoms with van der Waals surface area (Å²) in [4.78, 5) is 27.6. The number of carbonyl (C=O) groups excluding carboxylic acids is 2. The lowest BCUT2D eigenvalue weighted by Gasteiger charge is -2.30. The lowest BCUT2D eigenvalue weighted by molar-refractivity contribution is -0.140. The van der Waals surface area contributed by atoms with Gasteiger partial charge in [0.1, 0.15) is 6.04 Å². The molecule has 2 atom stereocenters. The van der Waals surface area contributed by atoms with E-state index in [2.05, 4.69) is 50.4 Å². The summed E-state index contributed by atoms with van der Waals surface area (Å²) in [6.45, 7) is 12.8. The van der Waals surface area contributed by atoms with Gasteiger partial charge >= 0.3 is 0 Å². The molecule has 31 heavy (non-hydrogen) atoms. The quantitative estimate of drug-likeness (QED) is 0.600. The second-order valence-corrected chi connectivity index (χ2v) is 9.45. The van der Waals surface area contributed by atoms with E-state index in [1.165, 1.54) is 5.56 Å². The first-order valence-corrected chi connectivity index (χ1v) is 11.3. The third-order valence-corrected chi connectivity index (χ3v) is 5.81. The van der Waals surface area contributed by atoms with Gasteiger partial charge in [-0.25, -0.2) is 0 Å². The number of rotatable bonds is 9. The van der Waals surface area contributed by atoms with Crippen LogP contribution in [0, 0.1) is 0 Å². The molecule has 168 valence electrons. The van der Waals surface area contributed by atoms with Crippen molar-refractivity contribution < 1.29 is 9.59 Å². The summed E-state index contributed by atoms with van der Waals surface area (Å²) in [6, 6.07) is 17.9. The molecule has 2 unspecified atom stereocenters. The van der Waals surface area contributed by atoms with Crippen LogP contribution in [0.5, 0.6) is 0 Å². The highest BCUT2D eigenvalue weighted by atomic mass is 16.2. The van der Waals surface area contributed by atoms with Crippen LogP contribution in [0.4, 0.5) is 0 Å². The van der Waals surface area contributed by atoms with Crippen LogP contribution in [0.25, 0.3) is 0 Å². The zero-order chi connectivity index (χ0) is 23.0. The Morgan fingerprint density at radius 3 is 2.10 bits per heavy atom. The van der Waals surface area contributed by atoms with Crippen molar-refractivity contribution in [1.29, 1.82) is 0 Å². The minimum Gasteiger partial charge on any atom is -0.352 e. The average Bonchev–Trinajstić information content (AvgIpc) is 2.75. The molecular weight excluding hydrogens is 384 g/mol. The molecule has 0 radical (unpaired) electrons. The highest BCUT2D eigenvalue weighted by Crippen LogP contribution is 2.22. The van der Waals surface area contributed by atoms with Gasteiger partial charge in [0, 0.05) is 19.0 Å². The van der Waals surface area contributed by atoms with Gasteiger partial charge < -0.3 is 10.2 Å². The predicted molar refractivity (Wildman–Crippen MR) is 128 cm³/mol. The third-order valence-electron chi connectivity index (χ3n) is 5.81. The summed E-state index contributed by atoms with van der Waals surface area (Å²) in [5.74, 6) is -0.108. The fraction of sp³-hybridized carbons (Fsp3) is 0.481. The lowest BCUT2D eigenvalue weighted by atomic mass is 9.86. The molecule has 0 heterocycles. The van der Waals surface area contributed by atoms with Crippen LogP contribution >= 0.6 is 0 Å². The van der Waals surface area contributed by atoms with Gasteiger partial charge in [-0.15, -0.1) is 0 Å². The first-order valence-electron chi connectivity index (χ1n) is 11.3. The van der Waals surface area contributed by atoms with E-state index in [-0.39, 0.29) is 23.3 Å². The molecule has 0 aliphatic rings. The summed E-state index contributed by atoms with van der Waals surface area (Å²) < 4.78 is 0. The standard InChI is InChI=1S/C27H38N2O2/c1-7-20(2)28-26(31)21(3)29(19-23-11-9-8-10-12-23)25(30)18-15-22-13-16-24(17-14-22)27(4,5)6/h8-14,16-17,20-21H,7,15,18-19H2,1-6H3,(H,28,31). The minimum atomic E-state index is -0.523. The summed E-state index contributed by atoms with van der Waals surface area (Å²) in [6.07, 6.45) is 1.90. The maximum absolute atomic E-state index is 13.2. The van der Waals surface area contributed by atoms with Crippen molar-refractivity contribution in [3.05, 3.63) is 71.3 Å². The third kappa shape index (κ3) is 7.54. The summed E-state index contributed by atoms with van der Waals surface area (Å²) in [5, 5.41) is 3.01. The Bertz CT molecular complexity index is 838. The number of aryl methyl sites for hydroxylation is 1. The van der Waals surface area contributed by atoms with Crippen LogP contribution < -0.4 is 5.32 Å². The molecule has 1 N–H and O–H groups in total. The van der Waals surface area contributed by atoms with Crippen molar-refractivity contribution in [2.75, 3.05) is 0 Å². The molecule has 4 heteroatoms. The fourth-order valence-electron chi connectivity index (χ4n) is 3.39. The van der Waals surface area contributed by atoms with Crippen molar-refractivity contribution >= 4 is 11.8 Å². The number of nitrogens with one attached hydrogen (secondary N) is 1. The highest BCUT2D eigenvalue weighted by molar-refractivity contribution is 5.87. The molecule has 0 aromatic heterocycles. The molecular formula is C27H38N2O2. The Kier molecular flexibility index (Phi) is 8.85. The van der Waals surface area contributed by atoms with E-state index in [0.717, 1.165) is 17.5 Å². The number of benzene rings is 2. The zero-order valence-electron chi connectivity index (χ0n) is 19.9. The van der Waals surface area contributed by atoms with Gasteiger partial charge in [0.2, 0.25) is 11.8 Å². The Labute approximate surface area is 188 Å². The van der Waals surface area contributed by atoms with Crippen molar-refractivity contribution in [2.45, 2.75) is 84.8 Å². The van der Waals surface area contributed by atoms with Gasteiger partial charge in [-0.2, -0.15) is 0 Å². The molecule has 2 amide bonds. The highest BCUT2D eigenvalue weighted by Gasteiger charge is 2.26. The van der Waals surface area contributed by atoms with Crippen molar-refractivity contribution in [2.24, 2.45) is 0 Å². The minimum absolute atomic E-state index is 0.00412. The molecule has 0 aliphatic carbocycles. The Balaban J connectivity index is 2.10. The van der Waals surface area contributed by atoms with Crippen molar-refractivity contribution in [1.82, 2.24) is 10.2 Å². The van der Waals surface area contributed by atoms with E-state index < -0.39 is 6.04 Å². The first kappa shape index (κ1) is 24.6. The van der Waals surface area contributed by atoms with Crippen LogP contribution in [0.15, 0.2) is 54.6 Å². The Hall–Kier alpha value is -2.62. The van der Waals surface area contributed by atoms with Crippen molar-refractivity contribution in [3.8, 4) is 0 Å². The van der Waals surface area contributed by atoms with E-state index in [4.69, 9.17) is 0 Å². The van der Waals surface area contributed by atoms with Crippen molar-refractivity contribution in [3.63, 3.8) is 0 Å². The molecule has 0 fully saturated rings.